The quantitative estimate of drug-likeness (QED) is 0.855. The number of ether oxygens (including phenoxy) is 1. The SMILES string of the molecule is CO[C@@H]1C[C@@H](Cn2ccc(N)n2)N(C(=O)Cn2ccnc2C)C1. The predicted molar refractivity (Wildman–Crippen MR) is 84.5 cm³/mol. The van der Waals surface area contributed by atoms with Gasteiger partial charge in [0.25, 0.3) is 0 Å². The lowest BCUT2D eigenvalue weighted by atomic mass is 10.2. The molecule has 8 nitrogen and oxygen atoms in total. The van der Waals surface area contributed by atoms with Gasteiger partial charge in [0.15, 0.2) is 0 Å². The summed E-state index contributed by atoms with van der Waals surface area (Å²) >= 11 is 0. The third-order valence-corrected chi connectivity index (χ3v) is 4.32. The Morgan fingerprint density at radius 2 is 2.30 bits per heavy atom. The maximum atomic E-state index is 12.7. The topological polar surface area (TPSA) is 91.2 Å². The summed E-state index contributed by atoms with van der Waals surface area (Å²) in [5, 5.41) is 4.21. The molecule has 1 fully saturated rings. The van der Waals surface area contributed by atoms with Crippen molar-refractivity contribution in [3.05, 3.63) is 30.5 Å². The lowest BCUT2D eigenvalue weighted by molar-refractivity contribution is -0.133. The number of hydrogen-bond acceptors (Lipinski definition) is 5. The molecule has 2 aromatic rings. The van der Waals surface area contributed by atoms with Gasteiger partial charge in [-0.25, -0.2) is 4.98 Å². The number of nitrogen functional groups attached to an aromatic ring is 1. The van der Waals surface area contributed by atoms with Gasteiger partial charge in [0, 0.05) is 32.2 Å². The summed E-state index contributed by atoms with van der Waals surface area (Å²) in [4.78, 5) is 18.7. The zero-order valence-electron chi connectivity index (χ0n) is 13.4. The molecule has 2 atom stereocenters. The van der Waals surface area contributed by atoms with Crippen molar-refractivity contribution < 1.29 is 9.53 Å². The lowest BCUT2D eigenvalue weighted by Gasteiger charge is -2.24. The number of nitrogens with two attached hydrogens (primary N) is 1. The van der Waals surface area contributed by atoms with Crippen LogP contribution >= 0.6 is 0 Å². The summed E-state index contributed by atoms with van der Waals surface area (Å²) in [5.74, 6) is 1.38. The molecule has 3 rings (SSSR count). The first-order chi connectivity index (χ1) is 11.1. The van der Waals surface area contributed by atoms with Crippen molar-refractivity contribution in [1.29, 1.82) is 0 Å². The van der Waals surface area contributed by atoms with Crippen LogP contribution < -0.4 is 5.73 Å². The van der Waals surface area contributed by atoms with Crippen LogP contribution in [0.3, 0.4) is 0 Å². The van der Waals surface area contributed by atoms with Crippen LogP contribution in [-0.4, -0.2) is 55.9 Å². The Bertz CT molecular complexity index is 679. The van der Waals surface area contributed by atoms with Crippen molar-refractivity contribution in [3.63, 3.8) is 0 Å². The molecule has 1 aliphatic heterocycles. The number of likely N-dealkylation sites (tertiary alicyclic amines) is 1. The van der Waals surface area contributed by atoms with E-state index in [1.54, 1.807) is 24.1 Å². The van der Waals surface area contributed by atoms with Gasteiger partial charge in [-0.1, -0.05) is 0 Å². The van der Waals surface area contributed by atoms with Gasteiger partial charge in [0.2, 0.25) is 5.91 Å². The molecule has 8 heteroatoms. The smallest absolute Gasteiger partial charge is 0.242 e. The summed E-state index contributed by atoms with van der Waals surface area (Å²) in [5.41, 5.74) is 5.66. The Morgan fingerprint density at radius 1 is 1.48 bits per heavy atom. The molecule has 0 unspecified atom stereocenters. The predicted octanol–water partition coefficient (Wildman–Crippen LogP) is 0.286. The van der Waals surface area contributed by atoms with Gasteiger partial charge < -0.3 is 19.9 Å². The highest BCUT2D eigenvalue weighted by atomic mass is 16.5. The summed E-state index contributed by atoms with van der Waals surface area (Å²) in [6.07, 6.45) is 6.21. The van der Waals surface area contributed by atoms with E-state index in [-0.39, 0.29) is 18.1 Å². The molecular formula is C15H22N6O2. The van der Waals surface area contributed by atoms with E-state index >= 15 is 0 Å². The molecule has 0 radical (unpaired) electrons. The molecule has 0 aromatic carbocycles. The summed E-state index contributed by atoms with van der Waals surface area (Å²) in [6, 6.07) is 1.81. The number of hydrogen-bond donors (Lipinski definition) is 1. The zero-order valence-corrected chi connectivity index (χ0v) is 13.4. The van der Waals surface area contributed by atoms with Gasteiger partial charge in [0.05, 0.1) is 18.7 Å². The van der Waals surface area contributed by atoms with Crippen LogP contribution in [0.2, 0.25) is 0 Å². The molecule has 0 aliphatic carbocycles. The van der Waals surface area contributed by atoms with Gasteiger partial charge in [-0.15, -0.1) is 0 Å². The van der Waals surface area contributed by atoms with Crippen LogP contribution in [0.1, 0.15) is 12.2 Å². The number of nitrogens with zero attached hydrogens (tertiary/aromatic N) is 5. The van der Waals surface area contributed by atoms with Crippen LogP contribution in [0.5, 0.6) is 0 Å². The van der Waals surface area contributed by atoms with E-state index in [0.717, 1.165) is 12.2 Å². The number of carbonyl (C=O) groups excluding carboxylic acids is 1. The third-order valence-electron chi connectivity index (χ3n) is 4.32. The maximum absolute atomic E-state index is 12.7. The largest absolute Gasteiger partial charge is 0.382 e. The minimum atomic E-state index is 0.0515. The molecule has 1 amide bonds. The average Bonchev–Trinajstić information content (AvgIpc) is 3.21. The Labute approximate surface area is 134 Å². The average molecular weight is 318 g/mol. The van der Waals surface area contributed by atoms with Crippen LogP contribution in [0.4, 0.5) is 5.82 Å². The molecule has 1 aliphatic rings. The number of anilines is 1. The molecule has 0 saturated carbocycles. The number of imidazole rings is 1. The van der Waals surface area contributed by atoms with E-state index in [1.165, 1.54) is 0 Å². The number of carbonyl (C=O) groups is 1. The molecule has 23 heavy (non-hydrogen) atoms. The van der Waals surface area contributed by atoms with Gasteiger partial charge in [-0.2, -0.15) is 5.10 Å². The molecule has 2 N–H and O–H groups in total. The number of methoxy groups -OCH3 is 1. The van der Waals surface area contributed by atoms with Crippen molar-refractivity contribution in [2.45, 2.75) is 38.6 Å². The van der Waals surface area contributed by atoms with Gasteiger partial charge >= 0.3 is 0 Å². The van der Waals surface area contributed by atoms with Gasteiger partial charge in [-0.3, -0.25) is 9.48 Å². The van der Waals surface area contributed by atoms with Gasteiger partial charge in [-0.05, 0) is 19.4 Å². The number of rotatable bonds is 5. The summed E-state index contributed by atoms with van der Waals surface area (Å²) in [6.45, 7) is 3.40. The molecule has 2 aromatic heterocycles. The van der Waals surface area contributed by atoms with E-state index in [1.807, 2.05) is 28.8 Å². The first-order valence-electron chi connectivity index (χ1n) is 7.65. The van der Waals surface area contributed by atoms with E-state index in [9.17, 15) is 4.79 Å². The minimum Gasteiger partial charge on any atom is -0.382 e. The van der Waals surface area contributed by atoms with Crippen LogP contribution in [0, 0.1) is 6.92 Å². The molecule has 1 saturated heterocycles. The summed E-state index contributed by atoms with van der Waals surface area (Å²) < 4.78 is 9.09. The third kappa shape index (κ3) is 3.37. The summed E-state index contributed by atoms with van der Waals surface area (Å²) in [7, 11) is 1.68. The van der Waals surface area contributed by atoms with Gasteiger partial charge in [0.1, 0.15) is 18.2 Å². The number of aryl methyl sites for hydroxylation is 1. The first-order valence-corrected chi connectivity index (χ1v) is 7.65. The fourth-order valence-corrected chi connectivity index (χ4v) is 3.03. The fourth-order valence-electron chi connectivity index (χ4n) is 3.03. The first kappa shape index (κ1) is 15.5. The Balaban J connectivity index is 1.71. The molecule has 0 spiro atoms. The second-order valence-electron chi connectivity index (χ2n) is 5.86. The normalized spacial score (nSPS) is 21.0. The van der Waals surface area contributed by atoms with E-state index in [2.05, 4.69) is 10.1 Å². The minimum absolute atomic E-state index is 0.0515. The zero-order chi connectivity index (χ0) is 16.4. The van der Waals surface area contributed by atoms with Crippen LogP contribution in [0.15, 0.2) is 24.7 Å². The standard InChI is InChI=1S/C15H22N6O2/c1-11-17-4-6-19(11)10-15(22)21-9-13(23-2)7-12(21)8-20-5-3-14(16)18-20/h3-6,12-13H,7-10H2,1-2H3,(H2,16,18)/t12-,13+/m0/s1. The Hall–Kier alpha value is -2.35. The second-order valence-corrected chi connectivity index (χ2v) is 5.86. The van der Waals surface area contributed by atoms with Crippen LogP contribution in [0.25, 0.3) is 0 Å². The Kier molecular flexibility index (Phi) is 4.33. The lowest BCUT2D eigenvalue weighted by Crippen LogP contribution is -2.40. The van der Waals surface area contributed by atoms with Crippen molar-refractivity contribution in [1.82, 2.24) is 24.2 Å². The van der Waals surface area contributed by atoms with Crippen molar-refractivity contribution in [2.24, 2.45) is 0 Å². The number of aromatic nitrogens is 4. The Morgan fingerprint density at radius 3 is 2.91 bits per heavy atom. The van der Waals surface area contributed by atoms with Crippen molar-refractivity contribution >= 4 is 11.7 Å². The maximum Gasteiger partial charge on any atom is 0.242 e. The fraction of sp³-hybridized carbons (Fsp3) is 0.533. The van der Waals surface area contributed by atoms with E-state index < -0.39 is 0 Å². The van der Waals surface area contributed by atoms with Crippen molar-refractivity contribution in [2.75, 3.05) is 19.4 Å². The van der Waals surface area contributed by atoms with Crippen molar-refractivity contribution in [3.8, 4) is 0 Å². The van der Waals surface area contributed by atoms with Crippen LogP contribution in [-0.2, 0) is 22.6 Å². The highest BCUT2D eigenvalue weighted by Crippen LogP contribution is 2.22. The highest BCUT2D eigenvalue weighted by molar-refractivity contribution is 5.76. The van der Waals surface area contributed by atoms with E-state index in [0.29, 0.717) is 25.5 Å². The monoisotopic (exact) mass is 318 g/mol. The number of amides is 1. The molecular weight excluding hydrogens is 296 g/mol. The molecule has 124 valence electrons. The molecule has 0 bridgehead atoms. The molecule has 3 heterocycles. The second kappa shape index (κ2) is 6.41. The highest BCUT2D eigenvalue weighted by Gasteiger charge is 2.35. The van der Waals surface area contributed by atoms with E-state index in [4.69, 9.17) is 10.5 Å².